The van der Waals surface area contributed by atoms with Gasteiger partial charge in [0.1, 0.15) is 11.5 Å². The number of carbonyl (C=O) groups excluding carboxylic acids is 1. The molecule has 0 aliphatic rings. The lowest BCUT2D eigenvalue weighted by molar-refractivity contribution is 0.0961. The number of amides is 1. The molecular formula is C21H25N5O2. The number of hydrogen-bond donors (Lipinski definition) is 3. The summed E-state index contributed by atoms with van der Waals surface area (Å²) in [6, 6.07) is 14.9. The van der Waals surface area contributed by atoms with Crippen LogP contribution in [0.5, 0.6) is 11.5 Å². The van der Waals surface area contributed by atoms with Crippen molar-refractivity contribution in [2.45, 2.75) is 6.54 Å². The number of nitrogens with one attached hydrogen (secondary N) is 2. The fourth-order valence-electron chi connectivity index (χ4n) is 2.97. The number of nitrogens with two attached hydrogens (primary N) is 1. The van der Waals surface area contributed by atoms with E-state index in [9.17, 15) is 4.79 Å². The summed E-state index contributed by atoms with van der Waals surface area (Å²) in [5, 5.41) is 9.98. The number of likely N-dealkylation sites (N-methyl/N-ethyl adjacent to an activating group) is 1. The lowest BCUT2D eigenvalue weighted by atomic mass is 10.0. The number of aromatic nitrogens is 2. The Morgan fingerprint density at radius 3 is 2.75 bits per heavy atom. The summed E-state index contributed by atoms with van der Waals surface area (Å²) >= 11 is 0. The van der Waals surface area contributed by atoms with Gasteiger partial charge in [0.05, 0.1) is 11.3 Å². The quantitative estimate of drug-likeness (QED) is 0.559. The molecular weight excluding hydrogens is 354 g/mol. The smallest absolute Gasteiger partial charge is 0.254 e. The van der Waals surface area contributed by atoms with Crippen LogP contribution in [0.25, 0.3) is 11.3 Å². The Kier molecular flexibility index (Phi) is 6.41. The van der Waals surface area contributed by atoms with Gasteiger partial charge in [0.15, 0.2) is 0 Å². The second-order valence-corrected chi connectivity index (χ2v) is 6.49. The lowest BCUT2D eigenvalue weighted by Gasteiger charge is -2.16. The van der Waals surface area contributed by atoms with Gasteiger partial charge < -0.3 is 20.7 Å². The van der Waals surface area contributed by atoms with E-state index in [1.807, 2.05) is 49.6 Å². The molecule has 0 saturated carbocycles. The third-order valence-corrected chi connectivity index (χ3v) is 4.37. The molecule has 0 saturated heterocycles. The molecule has 0 spiro atoms. The highest BCUT2D eigenvalue weighted by atomic mass is 16.5. The number of nitrogens with zero attached hydrogens (tertiary/aromatic N) is 2. The zero-order chi connectivity index (χ0) is 19.9. The maximum absolute atomic E-state index is 12.5. The van der Waals surface area contributed by atoms with Crippen molar-refractivity contribution >= 4 is 5.91 Å². The monoisotopic (exact) mass is 379 g/mol. The summed E-state index contributed by atoms with van der Waals surface area (Å²) in [4.78, 5) is 14.6. The number of rotatable bonds is 8. The molecule has 0 fully saturated rings. The first-order chi connectivity index (χ1) is 13.6. The van der Waals surface area contributed by atoms with Gasteiger partial charge in [0.25, 0.3) is 5.91 Å². The van der Waals surface area contributed by atoms with Crippen LogP contribution in [-0.4, -0.2) is 48.2 Å². The number of carbonyl (C=O) groups is 1. The van der Waals surface area contributed by atoms with Crippen LogP contribution >= 0.6 is 0 Å². The van der Waals surface area contributed by atoms with E-state index in [2.05, 4.69) is 20.4 Å². The molecule has 0 atom stereocenters. The molecule has 1 heterocycles. The highest BCUT2D eigenvalue weighted by molar-refractivity contribution is 5.98. The number of hydrogen-bond acceptors (Lipinski definition) is 5. The van der Waals surface area contributed by atoms with Crippen molar-refractivity contribution < 1.29 is 9.53 Å². The summed E-state index contributed by atoms with van der Waals surface area (Å²) in [6.45, 7) is 2.09. The second-order valence-electron chi connectivity index (χ2n) is 6.49. The normalized spacial score (nSPS) is 10.9. The number of benzene rings is 2. The first-order valence-electron chi connectivity index (χ1n) is 9.13. The van der Waals surface area contributed by atoms with Gasteiger partial charge in [-0.25, -0.2) is 0 Å². The van der Waals surface area contributed by atoms with Gasteiger partial charge in [-0.3, -0.25) is 9.89 Å². The van der Waals surface area contributed by atoms with Gasteiger partial charge in [-0.15, -0.1) is 0 Å². The van der Waals surface area contributed by atoms with Gasteiger partial charge >= 0.3 is 0 Å². The maximum atomic E-state index is 12.5. The van der Waals surface area contributed by atoms with Crippen LogP contribution in [0, 0.1) is 0 Å². The number of ether oxygens (including phenoxy) is 1. The van der Waals surface area contributed by atoms with E-state index in [1.54, 1.807) is 19.2 Å². The Hall–Kier alpha value is -3.16. The Bertz CT molecular complexity index is 924. The summed E-state index contributed by atoms with van der Waals surface area (Å²) in [5.74, 6) is 0.945. The minimum atomic E-state index is -0.217. The molecule has 0 aliphatic carbocycles. The summed E-state index contributed by atoms with van der Waals surface area (Å²) in [6.07, 6.45) is 1.87. The van der Waals surface area contributed by atoms with E-state index >= 15 is 0 Å². The molecule has 0 radical (unpaired) electrons. The molecule has 2 aromatic carbocycles. The average molecular weight is 379 g/mol. The third-order valence-electron chi connectivity index (χ3n) is 4.37. The molecule has 3 aromatic rings. The van der Waals surface area contributed by atoms with E-state index in [1.165, 1.54) is 0 Å². The Morgan fingerprint density at radius 1 is 1.25 bits per heavy atom. The fraction of sp³-hybridized carbons (Fsp3) is 0.238. The standard InChI is InChI=1S/C21H25N5O2/c1-23-21(27)18-12-15(8-9-19(18)28-17-6-4-3-5-7-17)20-16(13-24-25-20)14-26(2)11-10-22/h3-9,12-13H,10-11,14,22H2,1-2H3,(H,23,27)(H,24,25). The van der Waals surface area contributed by atoms with Crippen molar-refractivity contribution in [2.75, 3.05) is 27.2 Å². The minimum absolute atomic E-state index is 0.217. The highest BCUT2D eigenvalue weighted by Crippen LogP contribution is 2.31. The van der Waals surface area contributed by atoms with Crippen molar-refractivity contribution in [3.05, 3.63) is 65.9 Å². The molecule has 1 aromatic heterocycles. The van der Waals surface area contributed by atoms with Gasteiger partial charge in [-0.2, -0.15) is 5.10 Å². The molecule has 146 valence electrons. The predicted octanol–water partition coefficient (Wildman–Crippen LogP) is 2.62. The Balaban J connectivity index is 1.94. The zero-order valence-electron chi connectivity index (χ0n) is 16.1. The largest absolute Gasteiger partial charge is 0.457 e. The van der Waals surface area contributed by atoms with Crippen LogP contribution < -0.4 is 15.8 Å². The van der Waals surface area contributed by atoms with E-state index in [4.69, 9.17) is 10.5 Å². The zero-order valence-corrected chi connectivity index (χ0v) is 16.1. The van der Waals surface area contributed by atoms with Crippen molar-refractivity contribution in [2.24, 2.45) is 5.73 Å². The summed E-state index contributed by atoms with van der Waals surface area (Å²) < 4.78 is 5.92. The molecule has 0 aliphatic heterocycles. The first-order valence-corrected chi connectivity index (χ1v) is 9.13. The second kappa shape index (κ2) is 9.16. The topological polar surface area (TPSA) is 96.3 Å². The van der Waals surface area contributed by atoms with Crippen molar-refractivity contribution in [1.82, 2.24) is 20.4 Å². The summed E-state index contributed by atoms with van der Waals surface area (Å²) in [5.41, 5.74) is 8.77. The van der Waals surface area contributed by atoms with Crippen molar-refractivity contribution in [3.63, 3.8) is 0 Å². The average Bonchev–Trinajstić information content (AvgIpc) is 3.16. The Labute approximate surface area is 164 Å². The third kappa shape index (κ3) is 4.57. The van der Waals surface area contributed by atoms with E-state index in [0.29, 0.717) is 30.2 Å². The lowest BCUT2D eigenvalue weighted by Crippen LogP contribution is -2.25. The number of H-pyrrole nitrogens is 1. The number of aromatic amines is 1. The SMILES string of the molecule is CNC(=O)c1cc(-c2n[nH]cc2CN(C)CCN)ccc1Oc1ccccc1. The van der Waals surface area contributed by atoms with E-state index in [-0.39, 0.29) is 5.91 Å². The van der Waals surface area contributed by atoms with Crippen LogP contribution in [0.4, 0.5) is 0 Å². The van der Waals surface area contributed by atoms with Crippen LogP contribution in [0.2, 0.25) is 0 Å². The minimum Gasteiger partial charge on any atom is -0.457 e. The molecule has 28 heavy (non-hydrogen) atoms. The molecule has 1 amide bonds. The molecule has 4 N–H and O–H groups in total. The molecule has 0 bridgehead atoms. The van der Waals surface area contributed by atoms with Gasteiger partial charge in [-0.1, -0.05) is 18.2 Å². The number of para-hydroxylation sites is 1. The fourth-order valence-corrected chi connectivity index (χ4v) is 2.97. The van der Waals surface area contributed by atoms with Crippen LogP contribution in [-0.2, 0) is 6.54 Å². The molecule has 7 nitrogen and oxygen atoms in total. The summed E-state index contributed by atoms with van der Waals surface area (Å²) in [7, 11) is 3.61. The van der Waals surface area contributed by atoms with Crippen molar-refractivity contribution in [3.8, 4) is 22.8 Å². The highest BCUT2D eigenvalue weighted by Gasteiger charge is 2.17. The van der Waals surface area contributed by atoms with E-state index in [0.717, 1.165) is 23.4 Å². The van der Waals surface area contributed by atoms with Crippen LogP contribution in [0.1, 0.15) is 15.9 Å². The Morgan fingerprint density at radius 2 is 2.04 bits per heavy atom. The molecule has 3 rings (SSSR count). The van der Waals surface area contributed by atoms with Gasteiger partial charge in [-0.05, 0) is 37.4 Å². The predicted molar refractivity (Wildman–Crippen MR) is 109 cm³/mol. The first kappa shape index (κ1) is 19.6. The molecule has 7 heteroatoms. The maximum Gasteiger partial charge on any atom is 0.254 e. The van der Waals surface area contributed by atoms with E-state index < -0.39 is 0 Å². The molecule has 0 unspecified atom stereocenters. The van der Waals surface area contributed by atoms with Crippen LogP contribution in [0.15, 0.2) is 54.7 Å². The van der Waals surface area contributed by atoms with Crippen LogP contribution in [0.3, 0.4) is 0 Å². The van der Waals surface area contributed by atoms with Crippen molar-refractivity contribution in [1.29, 1.82) is 0 Å². The van der Waals surface area contributed by atoms with Gasteiger partial charge in [0.2, 0.25) is 0 Å². The van der Waals surface area contributed by atoms with Gasteiger partial charge in [0, 0.05) is 44.0 Å².